The van der Waals surface area contributed by atoms with Gasteiger partial charge < -0.3 is 0 Å². The molecule has 0 aliphatic carbocycles. The van der Waals surface area contributed by atoms with Crippen LogP contribution in [0.4, 0.5) is 0 Å². The molecule has 0 saturated heterocycles. The molecule has 0 nitrogen and oxygen atoms in total. The molecule has 0 heterocycles. The third-order valence-corrected chi connectivity index (χ3v) is 6.39. The zero-order chi connectivity index (χ0) is 16.1. The summed E-state index contributed by atoms with van der Waals surface area (Å²) in [4.78, 5) is 0. The standard InChI is InChI=1S/C20H42/c1-11-14-17(12-2)20(10,15(4)5)16(6)18(13-3)19(7,8)9/h15-18H,11-14H2,1-10H3. The lowest BCUT2D eigenvalue weighted by Gasteiger charge is -2.51. The Kier molecular flexibility index (Phi) is 7.85. The molecule has 0 fully saturated rings. The lowest BCUT2D eigenvalue weighted by molar-refractivity contribution is -0.0272. The van der Waals surface area contributed by atoms with E-state index in [0.29, 0.717) is 10.8 Å². The van der Waals surface area contributed by atoms with E-state index >= 15 is 0 Å². The summed E-state index contributed by atoms with van der Waals surface area (Å²) in [5.74, 6) is 3.20. The minimum atomic E-state index is 0.412. The molecule has 4 atom stereocenters. The molecule has 0 spiro atoms. The molecule has 4 unspecified atom stereocenters. The molecule has 0 aliphatic heterocycles. The third kappa shape index (κ3) is 4.25. The first-order valence-electron chi connectivity index (χ1n) is 9.07. The van der Waals surface area contributed by atoms with Gasteiger partial charge in [-0.1, -0.05) is 94.9 Å². The molecular weight excluding hydrogens is 240 g/mol. The second-order valence-corrected chi connectivity index (χ2v) is 8.58. The topological polar surface area (TPSA) is 0 Å². The molecule has 0 bridgehead atoms. The zero-order valence-electron chi connectivity index (χ0n) is 16.1. The van der Waals surface area contributed by atoms with Crippen LogP contribution in [-0.2, 0) is 0 Å². The highest BCUT2D eigenvalue weighted by molar-refractivity contribution is 4.94. The zero-order valence-corrected chi connectivity index (χ0v) is 16.1. The Morgan fingerprint density at radius 1 is 0.800 bits per heavy atom. The first-order chi connectivity index (χ1) is 9.07. The van der Waals surface area contributed by atoms with Crippen LogP contribution in [0, 0.1) is 34.5 Å². The van der Waals surface area contributed by atoms with Crippen molar-refractivity contribution in [2.45, 2.75) is 94.9 Å². The van der Waals surface area contributed by atoms with Crippen LogP contribution in [0.2, 0.25) is 0 Å². The molecule has 0 radical (unpaired) electrons. The first kappa shape index (κ1) is 20.0. The normalized spacial score (nSPS) is 20.6. The van der Waals surface area contributed by atoms with Gasteiger partial charge in [-0.2, -0.15) is 0 Å². The highest BCUT2D eigenvalue weighted by Gasteiger charge is 2.45. The molecule has 0 rings (SSSR count). The van der Waals surface area contributed by atoms with E-state index < -0.39 is 0 Å². The molecule has 0 aliphatic rings. The Morgan fingerprint density at radius 2 is 1.30 bits per heavy atom. The van der Waals surface area contributed by atoms with Gasteiger partial charge in [-0.25, -0.2) is 0 Å². The molecule has 122 valence electrons. The van der Waals surface area contributed by atoms with Crippen LogP contribution in [0.25, 0.3) is 0 Å². The molecule has 0 saturated carbocycles. The van der Waals surface area contributed by atoms with Gasteiger partial charge in [-0.15, -0.1) is 0 Å². The quantitative estimate of drug-likeness (QED) is 0.442. The van der Waals surface area contributed by atoms with Crippen molar-refractivity contribution in [3.63, 3.8) is 0 Å². The van der Waals surface area contributed by atoms with Crippen molar-refractivity contribution in [2.24, 2.45) is 34.5 Å². The Morgan fingerprint density at radius 3 is 1.55 bits per heavy atom. The lowest BCUT2D eigenvalue weighted by atomic mass is 9.54. The van der Waals surface area contributed by atoms with Gasteiger partial charge in [0.05, 0.1) is 0 Å². The number of hydrogen-bond donors (Lipinski definition) is 0. The van der Waals surface area contributed by atoms with Gasteiger partial charge >= 0.3 is 0 Å². The summed E-state index contributed by atoms with van der Waals surface area (Å²) in [6, 6.07) is 0. The molecule has 0 amide bonds. The molecule has 0 N–H and O–H groups in total. The highest BCUT2D eigenvalue weighted by Crippen LogP contribution is 2.52. The largest absolute Gasteiger partial charge is 0.0654 e. The number of hydrogen-bond acceptors (Lipinski definition) is 0. The average Bonchev–Trinajstić information content (AvgIpc) is 2.33. The van der Waals surface area contributed by atoms with Crippen molar-refractivity contribution in [2.75, 3.05) is 0 Å². The van der Waals surface area contributed by atoms with Crippen LogP contribution < -0.4 is 0 Å². The van der Waals surface area contributed by atoms with E-state index in [0.717, 1.165) is 23.7 Å². The van der Waals surface area contributed by atoms with Crippen LogP contribution in [0.5, 0.6) is 0 Å². The Labute approximate surface area is 130 Å². The fraction of sp³-hybridized carbons (Fsp3) is 1.00. The maximum Gasteiger partial charge on any atom is -0.0246 e. The van der Waals surface area contributed by atoms with Crippen LogP contribution in [0.15, 0.2) is 0 Å². The van der Waals surface area contributed by atoms with Crippen molar-refractivity contribution in [1.29, 1.82) is 0 Å². The number of rotatable bonds is 8. The lowest BCUT2D eigenvalue weighted by Crippen LogP contribution is -2.44. The van der Waals surface area contributed by atoms with Gasteiger partial charge in [0.1, 0.15) is 0 Å². The van der Waals surface area contributed by atoms with Gasteiger partial charge in [0, 0.05) is 0 Å². The Hall–Kier alpha value is 0. The van der Waals surface area contributed by atoms with E-state index in [4.69, 9.17) is 0 Å². The summed E-state index contributed by atoms with van der Waals surface area (Å²) in [7, 11) is 0. The van der Waals surface area contributed by atoms with Crippen LogP contribution in [0.1, 0.15) is 94.9 Å². The van der Waals surface area contributed by atoms with Gasteiger partial charge in [-0.3, -0.25) is 0 Å². The van der Waals surface area contributed by atoms with Crippen molar-refractivity contribution >= 4 is 0 Å². The van der Waals surface area contributed by atoms with E-state index in [1.807, 2.05) is 0 Å². The predicted molar refractivity (Wildman–Crippen MR) is 94.0 cm³/mol. The van der Waals surface area contributed by atoms with Crippen LogP contribution in [0.3, 0.4) is 0 Å². The van der Waals surface area contributed by atoms with Crippen molar-refractivity contribution in [3.05, 3.63) is 0 Å². The minimum Gasteiger partial charge on any atom is -0.0654 e. The first-order valence-corrected chi connectivity index (χ1v) is 9.07. The maximum atomic E-state index is 2.58. The van der Waals surface area contributed by atoms with Crippen LogP contribution >= 0.6 is 0 Å². The van der Waals surface area contributed by atoms with Crippen molar-refractivity contribution in [1.82, 2.24) is 0 Å². The fourth-order valence-corrected chi connectivity index (χ4v) is 4.82. The average molecular weight is 283 g/mol. The fourth-order valence-electron chi connectivity index (χ4n) is 4.82. The molecule has 0 heteroatoms. The van der Waals surface area contributed by atoms with E-state index in [1.165, 1.54) is 25.7 Å². The highest BCUT2D eigenvalue weighted by atomic mass is 14.5. The Bertz CT molecular complexity index is 258. The third-order valence-electron chi connectivity index (χ3n) is 6.39. The molecule has 20 heavy (non-hydrogen) atoms. The molecule has 0 aromatic carbocycles. The monoisotopic (exact) mass is 282 g/mol. The molecule has 0 aromatic rings. The SMILES string of the molecule is CCCC(CC)C(C)(C(C)C)C(C)C(CC)C(C)(C)C. The van der Waals surface area contributed by atoms with Gasteiger partial charge in [0.2, 0.25) is 0 Å². The second kappa shape index (κ2) is 7.85. The van der Waals surface area contributed by atoms with Gasteiger partial charge in [0.25, 0.3) is 0 Å². The summed E-state index contributed by atoms with van der Waals surface area (Å²) in [5, 5.41) is 0. The van der Waals surface area contributed by atoms with Crippen molar-refractivity contribution in [3.8, 4) is 0 Å². The van der Waals surface area contributed by atoms with E-state index in [-0.39, 0.29) is 0 Å². The van der Waals surface area contributed by atoms with E-state index in [2.05, 4.69) is 69.2 Å². The summed E-state index contributed by atoms with van der Waals surface area (Å²) in [6.07, 6.45) is 5.33. The van der Waals surface area contributed by atoms with Crippen LogP contribution in [-0.4, -0.2) is 0 Å². The van der Waals surface area contributed by atoms with E-state index in [1.54, 1.807) is 0 Å². The summed E-state index contributed by atoms with van der Waals surface area (Å²) in [6.45, 7) is 24.4. The maximum absolute atomic E-state index is 2.58. The summed E-state index contributed by atoms with van der Waals surface area (Å²) in [5.41, 5.74) is 0.869. The van der Waals surface area contributed by atoms with Gasteiger partial charge in [0.15, 0.2) is 0 Å². The van der Waals surface area contributed by atoms with Gasteiger partial charge in [-0.05, 0) is 34.5 Å². The predicted octanol–water partition coefficient (Wildman–Crippen LogP) is 7.18. The smallest absolute Gasteiger partial charge is 0.0246 e. The Balaban J connectivity index is 5.54. The summed E-state index contributed by atoms with van der Waals surface area (Å²) >= 11 is 0. The van der Waals surface area contributed by atoms with E-state index in [9.17, 15) is 0 Å². The molecular formula is C20H42. The minimum absolute atomic E-state index is 0.412. The second-order valence-electron chi connectivity index (χ2n) is 8.58. The summed E-state index contributed by atoms with van der Waals surface area (Å²) < 4.78 is 0. The van der Waals surface area contributed by atoms with Crippen molar-refractivity contribution < 1.29 is 0 Å². The molecule has 0 aromatic heterocycles.